The Balaban J connectivity index is 1.68. The number of hydrogen-bond donors (Lipinski definition) is 1. The van der Waals surface area contributed by atoms with Gasteiger partial charge in [-0.1, -0.05) is 43.7 Å². The highest BCUT2D eigenvalue weighted by atomic mass is 16.6. The third-order valence-corrected chi connectivity index (χ3v) is 5.52. The Morgan fingerprint density at radius 1 is 1.09 bits per heavy atom. The number of aryl methyl sites for hydroxylation is 2. The summed E-state index contributed by atoms with van der Waals surface area (Å²) in [5.74, 6) is 0.708. The average molecular weight is 444 g/mol. The number of nitro groups is 1. The van der Waals surface area contributed by atoms with Crippen molar-refractivity contribution < 1.29 is 9.72 Å². The maximum atomic E-state index is 12.6. The van der Waals surface area contributed by atoms with Crippen LogP contribution in [0.15, 0.2) is 60.7 Å². The molecule has 168 valence electrons. The molecule has 0 radical (unpaired) electrons. The molecule has 4 aromatic rings. The van der Waals surface area contributed by atoms with Crippen molar-refractivity contribution in [2.75, 3.05) is 5.32 Å². The number of carbonyl (C=O) groups excluding carboxylic acids is 1. The fourth-order valence-corrected chi connectivity index (χ4v) is 3.69. The second kappa shape index (κ2) is 9.60. The fraction of sp³-hybridized carbons (Fsp3) is 0.240. The molecule has 0 fully saturated rings. The number of pyridine rings is 1. The van der Waals surface area contributed by atoms with Crippen molar-refractivity contribution in [1.82, 2.24) is 14.5 Å². The lowest BCUT2D eigenvalue weighted by molar-refractivity contribution is -0.384. The number of unbranched alkanes of at least 4 members (excludes halogenated alkanes) is 1. The number of carbonyl (C=O) groups is 1. The highest BCUT2D eigenvalue weighted by Gasteiger charge is 2.16. The van der Waals surface area contributed by atoms with E-state index in [1.807, 2.05) is 31.2 Å². The highest BCUT2D eigenvalue weighted by Crippen LogP contribution is 2.24. The number of nitrogens with one attached hydrogen (secondary N) is 1. The standard InChI is InChI=1S/C25H25N5O3/c1-3-4-10-23-27-22-15-21(28-25(31)19-8-6-5-7-9-19)17(2)26-24(22)29(23)16-18-11-13-20(14-12-18)30(32)33/h5-9,11-15H,3-4,10,16H2,1-2H3,(H,28,31). The van der Waals surface area contributed by atoms with Gasteiger partial charge in [0.2, 0.25) is 0 Å². The molecule has 0 saturated heterocycles. The smallest absolute Gasteiger partial charge is 0.269 e. The van der Waals surface area contributed by atoms with E-state index in [1.54, 1.807) is 24.3 Å². The molecule has 0 saturated carbocycles. The molecule has 0 bridgehead atoms. The van der Waals surface area contributed by atoms with Gasteiger partial charge in [-0.2, -0.15) is 0 Å². The Hall–Kier alpha value is -4.07. The molecule has 0 aliphatic rings. The van der Waals surface area contributed by atoms with E-state index in [-0.39, 0.29) is 11.6 Å². The second-order valence-corrected chi connectivity index (χ2v) is 7.93. The molecular formula is C25H25N5O3. The van der Waals surface area contributed by atoms with E-state index in [1.165, 1.54) is 12.1 Å². The molecule has 1 N–H and O–H groups in total. The first-order valence-electron chi connectivity index (χ1n) is 10.9. The fourth-order valence-electron chi connectivity index (χ4n) is 3.69. The van der Waals surface area contributed by atoms with Crippen LogP contribution in [-0.2, 0) is 13.0 Å². The van der Waals surface area contributed by atoms with Gasteiger partial charge in [0, 0.05) is 24.1 Å². The third-order valence-electron chi connectivity index (χ3n) is 5.52. The largest absolute Gasteiger partial charge is 0.320 e. The number of fused-ring (bicyclic) bond motifs is 1. The summed E-state index contributed by atoms with van der Waals surface area (Å²) in [6, 6.07) is 17.4. The molecule has 33 heavy (non-hydrogen) atoms. The molecule has 8 heteroatoms. The van der Waals surface area contributed by atoms with Crippen molar-refractivity contribution >= 4 is 28.4 Å². The first-order chi connectivity index (χ1) is 16.0. The van der Waals surface area contributed by atoms with E-state index in [4.69, 9.17) is 9.97 Å². The van der Waals surface area contributed by atoms with E-state index in [9.17, 15) is 14.9 Å². The van der Waals surface area contributed by atoms with Gasteiger partial charge in [0.15, 0.2) is 5.65 Å². The lowest BCUT2D eigenvalue weighted by atomic mass is 10.2. The van der Waals surface area contributed by atoms with Crippen LogP contribution >= 0.6 is 0 Å². The molecule has 0 spiro atoms. The molecule has 0 aliphatic heterocycles. The highest BCUT2D eigenvalue weighted by molar-refractivity contribution is 6.05. The molecular weight excluding hydrogens is 418 g/mol. The van der Waals surface area contributed by atoms with Crippen molar-refractivity contribution in [3.8, 4) is 0 Å². The zero-order valence-corrected chi connectivity index (χ0v) is 18.6. The minimum absolute atomic E-state index is 0.0632. The predicted octanol–water partition coefficient (Wildman–Crippen LogP) is 5.29. The minimum atomic E-state index is -0.404. The number of non-ortho nitro benzene ring substituents is 1. The van der Waals surface area contributed by atoms with E-state index >= 15 is 0 Å². The van der Waals surface area contributed by atoms with Crippen molar-refractivity contribution in [3.05, 3.63) is 93.4 Å². The van der Waals surface area contributed by atoms with Gasteiger partial charge in [-0.05, 0) is 37.1 Å². The predicted molar refractivity (Wildman–Crippen MR) is 127 cm³/mol. The molecule has 0 unspecified atom stereocenters. The molecule has 8 nitrogen and oxygen atoms in total. The number of rotatable bonds is 8. The molecule has 0 atom stereocenters. The Morgan fingerprint density at radius 3 is 2.48 bits per heavy atom. The van der Waals surface area contributed by atoms with Crippen molar-refractivity contribution in [2.45, 2.75) is 39.7 Å². The van der Waals surface area contributed by atoms with Crippen LogP contribution < -0.4 is 5.32 Å². The van der Waals surface area contributed by atoms with Crippen LogP contribution in [0.25, 0.3) is 11.2 Å². The third kappa shape index (κ3) is 4.90. The van der Waals surface area contributed by atoms with Gasteiger partial charge in [-0.3, -0.25) is 14.9 Å². The average Bonchev–Trinajstić information content (AvgIpc) is 3.14. The van der Waals surface area contributed by atoms with Gasteiger partial charge in [0.25, 0.3) is 11.6 Å². The Bertz CT molecular complexity index is 1300. The molecule has 2 aromatic carbocycles. The van der Waals surface area contributed by atoms with Gasteiger partial charge >= 0.3 is 0 Å². The van der Waals surface area contributed by atoms with E-state index in [0.717, 1.165) is 36.3 Å². The SMILES string of the molecule is CCCCc1nc2cc(NC(=O)c3ccccc3)c(C)nc2n1Cc1ccc([N+](=O)[O-])cc1. The van der Waals surface area contributed by atoms with Gasteiger partial charge in [0.1, 0.15) is 11.3 Å². The zero-order chi connectivity index (χ0) is 23.4. The number of hydrogen-bond acceptors (Lipinski definition) is 5. The van der Waals surface area contributed by atoms with Gasteiger partial charge in [0.05, 0.1) is 22.8 Å². The van der Waals surface area contributed by atoms with Crippen LogP contribution in [-0.4, -0.2) is 25.4 Å². The number of anilines is 1. The maximum absolute atomic E-state index is 12.6. The summed E-state index contributed by atoms with van der Waals surface area (Å²) in [6.07, 6.45) is 2.82. The van der Waals surface area contributed by atoms with Crippen molar-refractivity contribution in [2.24, 2.45) is 0 Å². The first-order valence-corrected chi connectivity index (χ1v) is 10.9. The number of nitrogens with zero attached hydrogens (tertiary/aromatic N) is 4. The Morgan fingerprint density at radius 2 is 1.82 bits per heavy atom. The van der Waals surface area contributed by atoms with Crippen LogP contribution in [0, 0.1) is 17.0 Å². The summed E-state index contributed by atoms with van der Waals surface area (Å²) in [5, 5.41) is 13.9. The molecule has 2 aromatic heterocycles. The first kappa shape index (κ1) is 22.1. The van der Waals surface area contributed by atoms with Crippen LogP contribution in [0.2, 0.25) is 0 Å². The summed E-state index contributed by atoms with van der Waals surface area (Å²) >= 11 is 0. The molecule has 2 heterocycles. The van der Waals surface area contributed by atoms with Gasteiger partial charge in [-0.25, -0.2) is 9.97 Å². The van der Waals surface area contributed by atoms with Crippen LogP contribution in [0.3, 0.4) is 0 Å². The normalized spacial score (nSPS) is 11.0. The molecule has 4 rings (SSSR count). The summed E-state index contributed by atoms with van der Waals surface area (Å²) in [7, 11) is 0. The van der Waals surface area contributed by atoms with Crippen LogP contribution in [0.4, 0.5) is 11.4 Å². The quantitative estimate of drug-likeness (QED) is 0.294. The number of amides is 1. The van der Waals surface area contributed by atoms with Crippen LogP contribution in [0.5, 0.6) is 0 Å². The summed E-state index contributed by atoms with van der Waals surface area (Å²) < 4.78 is 2.06. The Kier molecular flexibility index (Phi) is 6.44. The number of benzene rings is 2. The summed E-state index contributed by atoms with van der Waals surface area (Å²) in [4.78, 5) is 32.8. The minimum Gasteiger partial charge on any atom is -0.320 e. The van der Waals surface area contributed by atoms with Gasteiger partial charge in [-0.15, -0.1) is 0 Å². The molecule has 0 aliphatic carbocycles. The van der Waals surface area contributed by atoms with Crippen molar-refractivity contribution in [3.63, 3.8) is 0 Å². The zero-order valence-electron chi connectivity index (χ0n) is 18.6. The topological polar surface area (TPSA) is 103 Å². The van der Waals surface area contributed by atoms with Crippen LogP contribution in [0.1, 0.15) is 47.2 Å². The summed E-state index contributed by atoms with van der Waals surface area (Å²) in [5.41, 5.74) is 4.32. The van der Waals surface area contributed by atoms with Crippen molar-refractivity contribution in [1.29, 1.82) is 0 Å². The number of nitro benzene ring substituents is 1. The molecule has 1 amide bonds. The lowest BCUT2D eigenvalue weighted by Gasteiger charge is -2.11. The monoisotopic (exact) mass is 443 g/mol. The lowest BCUT2D eigenvalue weighted by Crippen LogP contribution is -2.13. The van der Waals surface area contributed by atoms with E-state index < -0.39 is 4.92 Å². The Labute approximate surface area is 191 Å². The number of aromatic nitrogens is 3. The maximum Gasteiger partial charge on any atom is 0.269 e. The van der Waals surface area contributed by atoms with Gasteiger partial charge < -0.3 is 9.88 Å². The summed E-state index contributed by atoms with van der Waals surface area (Å²) in [6.45, 7) is 4.49. The van der Waals surface area contributed by atoms with E-state index in [2.05, 4.69) is 16.8 Å². The number of imidazole rings is 1. The van der Waals surface area contributed by atoms with E-state index in [0.29, 0.717) is 29.0 Å². The second-order valence-electron chi connectivity index (χ2n) is 7.93.